The molecule has 1 aromatic heterocycles. The molecule has 3 rings (SSSR count). The van der Waals surface area contributed by atoms with Crippen LogP contribution >= 0.6 is 0 Å². The summed E-state index contributed by atoms with van der Waals surface area (Å²) in [6, 6.07) is 8.90. The van der Waals surface area contributed by atoms with Crippen LogP contribution in [0.4, 0.5) is 0 Å². The maximum Gasteiger partial charge on any atom is 0.108 e. The van der Waals surface area contributed by atoms with Gasteiger partial charge in [-0.15, -0.1) is 0 Å². The van der Waals surface area contributed by atoms with Crippen molar-refractivity contribution in [2.75, 3.05) is 0 Å². The van der Waals surface area contributed by atoms with Gasteiger partial charge in [0, 0.05) is 18.0 Å². The molecule has 100 valence electrons. The largest absolute Gasteiger partial charge is 0.469 e. The molecule has 2 aromatic rings. The molecule has 1 aliphatic rings. The zero-order valence-corrected chi connectivity index (χ0v) is 11.5. The predicted molar refractivity (Wildman–Crippen MR) is 77.2 cm³/mol. The van der Waals surface area contributed by atoms with Gasteiger partial charge in [0.05, 0.1) is 6.26 Å². The highest BCUT2D eigenvalue weighted by Crippen LogP contribution is 2.26. The first-order chi connectivity index (χ1) is 9.28. The smallest absolute Gasteiger partial charge is 0.108 e. The third-order valence-corrected chi connectivity index (χ3v) is 4.12. The monoisotopic (exact) mass is 255 g/mol. The molecule has 2 heteroatoms. The number of hydrogen-bond acceptors (Lipinski definition) is 2. The van der Waals surface area contributed by atoms with E-state index in [9.17, 15) is 0 Å². The lowest BCUT2D eigenvalue weighted by Crippen LogP contribution is -2.14. The molecule has 0 amide bonds. The average Bonchev–Trinajstić information content (AvgIpc) is 3.06. The maximum atomic E-state index is 6.33. The van der Waals surface area contributed by atoms with Gasteiger partial charge in [-0.2, -0.15) is 0 Å². The number of furan rings is 1. The minimum Gasteiger partial charge on any atom is -0.469 e. The lowest BCUT2D eigenvalue weighted by molar-refractivity contribution is 0.505. The van der Waals surface area contributed by atoms with Crippen molar-refractivity contribution in [1.82, 2.24) is 0 Å². The van der Waals surface area contributed by atoms with E-state index in [4.69, 9.17) is 10.2 Å². The molecule has 1 unspecified atom stereocenters. The van der Waals surface area contributed by atoms with Gasteiger partial charge in [0.1, 0.15) is 5.76 Å². The standard InChI is InChI=1S/C17H21NO/c1-2-17-15(8-9-19-17)16(18)11-12-6-7-13-4-3-5-14(13)10-12/h6-10,16H,2-5,11,18H2,1H3. The fraction of sp³-hybridized carbons (Fsp3) is 0.412. The van der Waals surface area contributed by atoms with Gasteiger partial charge in [-0.3, -0.25) is 0 Å². The molecule has 0 radical (unpaired) electrons. The first kappa shape index (κ1) is 12.5. The Bertz CT molecular complexity index is 570. The summed E-state index contributed by atoms with van der Waals surface area (Å²) >= 11 is 0. The van der Waals surface area contributed by atoms with Crippen LogP contribution in [0.2, 0.25) is 0 Å². The third-order valence-electron chi connectivity index (χ3n) is 4.12. The van der Waals surface area contributed by atoms with Crippen molar-refractivity contribution in [2.45, 2.75) is 45.1 Å². The van der Waals surface area contributed by atoms with Gasteiger partial charge < -0.3 is 10.2 Å². The third kappa shape index (κ3) is 2.45. The van der Waals surface area contributed by atoms with Crippen LogP contribution in [-0.4, -0.2) is 0 Å². The number of fused-ring (bicyclic) bond motifs is 1. The SMILES string of the molecule is CCc1occc1C(N)Cc1ccc2c(c1)CCC2. The summed E-state index contributed by atoms with van der Waals surface area (Å²) in [4.78, 5) is 0. The van der Waals surface area contributed by atoms with Gasteiger partial charge in [0.25, 0.3) is 0 Å². The summed E-state index contributed by atoms with van der Waals surface area (Å²) in [5.74, 6) is 1.02. The van der Waals surface area contributed by atoms with Crippen molar-refractivity contribution >= 4 is 0 Å². The topological polar surface area (TPSA) is 39.2 Å². The second-order valence-corrected chi connectivity index (χ2v) is 5.42. The molecule has 0 saturated carbocycles. The quantitative estimate of drug-likeness (QED) is 0.907. The van der Waals surface area contributed by atoms with Gasteiger partial charge in [0.15, 0.2) is 0 Å². The van der Waals surface area contributed by atoms with E-state index in [-0.39, 0.29) is 6.04 Å². The van der Waals surface area contributed by atoms with Crippen LogP contribution in [0.15, 0.2) is 34.9 Å². The van der Waals surface area contributed by atoms with E-state index in [1.54, 1.807) is 6.26 Å². The zero-order chi connectivity index (χ0) is 13.2. The van der Waals surface area contributed by atoms with Crippen LogP contribution in [-0.2, 0) is 25.7 Å². The van der Waals surface area contributed by atoms with Crippen LogP contribution in [0.1, 0.15) is 47.4 Å². The highest BCUT2D eigenvalue weighted by atomic mass is 16.3. The van der Waals surface area contributed by atoms with Gasteiger partial charge in [0.2, 0.25) is 0 Å². The molecule has 0 fully saturated rings. The van der Waals surface area contributed by atoms with Crippen molar-refractivity contribution in [2.24, 2.45) is 5.73 Å². The van der Waals surface area contributed by atoms with Gasteiger partial charge in [-0.25, -0.2) is 0 Å². The number of hydrogen-bond donors (Lipinski definition) is 1. The predicted octanol–water partition coefficient (Wildman–Crippen LogP) is 3.57. The van der Waals surface area contributed by atoms with Gasteiger partial charge in [-0.05, 0) is 48.4 Å². The van der Waals surface area contributed by atoms with Gasteiger partial charge in [-0.1, -0.05) is 25.1 Å². The second kappa shape index (κ2) is 5.22. The molecular formula is C17H21NO. The van der Waals surface area contributed by atoms with Crippen molar-refractivity contribution in [3.63, 3.8) is 0 Å². The molecule has 1 aromatic carbocycles. The Kier molecular flexibility index (Phi) is 3.43. The Morgan fingerprint density at radius 1 is 1.21 bits per heavy atom. The van der Waals surface area contributed by atoms with E-state index in [0.29, 0.717) is 0 Å². The van der Waals surface area contributed by atoms with E-state index < -0.39 is 0 Å². The molecular weight excluding hydrogens is 234 g/mol. The molecule has 2 N–H and O–H groups in total. The summed E-state index contributed by atoms with van der Waals surface area (Å²) < 4.78 is 5.47. The Morgan fingerprint density at radius 3 is 2.89 bits per heavy atom. The normalized spacial score (nSPS) is 15.5. The minimum atomic E-state index is 0.0353. The summed E-state index contributed by atoms with van der Waals surface area (Å²) in [5, 5.41) is 0. The second-order valence-electron chi connectivity index (χ2n) is 5.42. The van der Waals surface area contributed by atoms with Crippen molar-refractivity contribution < 1.29 is 4.42 Å². The average molecular weight is 255 g/mol. The summed E-state index contributed by atoms with van der Waals surface area (Å²) in [6.07, 6.45) is 7.30. The lowest BCUT2D eigenvalue weighted by Gasteiger charge is -2.12. The van der Waals surface area contributed by atoms with E-state index in [0.717, 1.165) is 24.2 Å². The highest BCUT2D eigenvalue weighted by Gasteiger charge is 2.15. The van der Waals surface area contributed by atoms with E-state index in [1.165, 1.54) is 36.0 Å². The van der Waals surface area contributed by atoms with Crippen molar-refractivity contribution in [3.05, 3.63) is 58.5 Å². The highest BCUT2D eigenvalue weighted by molar-refractivity contribution is 5.36. The van der Waals surface area contributed by atoms with Crippen LogP contribution < -0.4 is 5.73 Å². The Hall–Kier alpha value is -1.54. The fourth-order valence-electron chi connectivity index (χ4n) is 3.08. The first-order valence-corrected chi connectivity index (χ1v) is 7.20. The van der Waals surface area contributed by atoms with E-state index in [2.05, 4.69) is 25.1 Å². The summed E-state index contributed by atoms with van der Waals surface area (Å²) in [7, 11) is 0. The maximum absolute atomic E-state index is 6.33. The molecule has 0 aliphatic heterocycles. The van der Waals surface area contributed by atoms with Crippen LogP contribution in [0.5, 0.6) is 0 Å². The van der Waals surface area contributed by atoms with Crippen LogP contribution in [0.3, 0.4) is 0 Å². The van der Waals surface area contributed by atoms with Crippen LogP contribution in [0, 0.1) is 0 Å². The summed E-state index contributed by atoms with van der Waals surface area (Å²) in [5.41, 5.74) is 11.9. The van der Waals surface area contributed by atoms with Crippen molar-refractivity contribution in [3.8, 4) is 0 Å². The van der Waals surface area contributed by atoms with Crippen molar-refractivity contribution in [1.29, 1.82) is 0 Å². The number of rotatable bonds is 4. The number of aryl methyl sites for hydroxylation is 3. The molecule has 0 spiro atoms. The molecule has 2 nitrogen and oxygen atoms in total. The zero-order valence-electron chi connectivity index (χ0n) is 11.5. The Balaban J connectivity index is 1.78. The molecule has 0 saturated heterocycles. The molecule has 19 heavy (non-hydrogen) atoms. The molecule has 1 aliphatic carbocycles. The minimum absolute atomic E-state index is 0.0353. The Morgan fingerprint density at radius 2 is 2.05 bits per heavy atom. The van der Waals surface area contributed by atoms with E-state index >= 15 is 0 Å². The number of benzene rings is 1. The molecule has 0 bridgehead atoms. The van der Waals surface area contributed by atoms with E-state index in [1.807, 2.05) is 6.07 Å². The first-order valence-electron chi connectivity index (χ1n) is 7.20. The fourth-order valence-corrected chi connectivity index (χ4v) is 3.08. The van der Waals surface area contributed by atoms with Crippen LogP contribution in [0.25, 0.3) is 0 Å². The lowest BCUT2D eigenvalue weighted by atomic mass is 9.97. The number of nitrogens with two attached hydrogens (primary N) is 1. The molecule has 1 heterocycles. The Labute approximate surface area is 114 Å². The summed E-state index contributed by atoms with van der Waals surface area (Å²) in [6.45, 7) is 2.10. The van der Waals surface area contributed by atoms with Gasteiger partial charge >= 0.3 is 0 Å². The molecule has 1 atom stereocenters.